The fourth-order valence-corrected chi connectivity index (χ4v) is 3.93. The molecule has 12 heteroatoms. The van der Waals surface area contributed by atoms with Crippen molar-refractivity contribution in [3.05, 3.63) is 47.7 Å². The minimum atomic E-state index is -0.708. The van der Waals surface area contributed by atoms with E-state index < -0.39 is 29.4 Å². The van der Waals surface area contributed by atoms with Crippen molar-refractivity contribution in [1.82, 2.24) is 19.9 Å². The second-order valence-electron chi connectivity index (χ2n) is 9.59. The molecule has 4 rings (SSSR count). The number of nitrogens with zero attached hydrogens (tertiary/aromatic N) is 6. The molecule has 1 fully saturated rings. The van der Waals surface area contributed by atoms with E-state index in [0.717, 1.165) is 6.07 Å². The zero-order valence-electron chi connectivity index (χ0n) is 20.5. The molecule has 3 heterocycles. The molecule has 3 amide bonds. The molecule has 2 aromatic rings. The maximum atomic E-state index is 13.7. The van der Waals surface area contributed by atoms with Crippen LogP contribution in [-0.2, 0) is 4.74 Å². The number of hydrogen-bond donors (Lipinski definition) is 0. The van der Waals surface area contributed by atoms with Crippen molar-refractivity contribution in [3.8, 4) is 5.88 Å². The van der Waals surface area contributed by atoms with Crippen LogP contribution in [0.3, 0.4) is 0 Å². The molecule has 192 valence electrons. The summed E-state index contributed by atoms with van der Waals surface area (Å²) >= 11 is 0. The van der Waals surface area contributed by atoms with E-state index in [1.165, 1.54) is 35.3 Å². The number of aromatic nitrogens is 2. The van der Waals surface area contributed by atoms with Crippen LogP contribution in [0.1, 0.15) is 45.2 Å². The van der Waals surface area contributed by atoms with Gasteiger partial charge >= 0.3 is 12.1 Å². The van der Waals surface area contributed by atoms with E-state index in [4.69, 9.17) is 9.47 Å². The summed E-state index contributed by atoms with van der Waals surface area (Å²) in [4.78, 5) is 36.6. The molecule has 2 aliphatic heterocycles. The molecule has 0 N–H and O–H groups in total. The molecular weight excluding hydrogens is 474 g/mol. The van der Waals surface area contributed by atoms with Crippen LogP contribution in [0.15, 0.2) is 35.6 Å². The molecule has 0 unspecified atom stereocenters. The number of ether oxygens (including phenoxy) is 2. The number of likely N-dealkylation sites (tertiary alicyclic amines) is 1. The number of hydrogen-bond acceptors (Lipinski definition) is 7. The zero-order chi connectivity index (χ0) is 26.0. The van der Waals surface area contributed by atoms with Gasteiger partial charge in [-0.3, -0.25) is 0 Å². The quantitative estimate of drug-likeness (QED) is 0.623. The molecule has 0 radical (unpaired) electrons. The summed E-state index contributed by atoms with van der Waals surface area (Å²) in [5.74, 6) is -1.05. The zero-order valence-corrected chi connectivity index (χ0v) is 20.5. The summed E-state index contributed by atoms with van der Waals surface area (Å²) in [5, 5.41) is 5.39. The highest BCUT2D eigenvalue weighted by atomic mass is 19.1. The third-order valence-corrected chi connectivity index (χ3v) is 5.58. The first-order chi connectivity index (χ1) is 17.0. The molecule has 1 aromatic heterocycles. The van der Waals surface area contributed by atoms with Gasteiger partial charge in [0.25, 0.3) is 0 Å². The Bertz CT molecular complexity index is 1150. The van der Waals surface area contributed by atoms with Gasteiger partial charge in [0.1, 0.15) is 23.3 Å². The van der Waals surface area contributed by atoms with Gasteiger partial charge in [-0.1, -0.05) is 0 Å². The predicted octanol–water partition coefficient (Wildman–Crippen LogP) is 4.13. The van der Waals surface area contributed by atoms with Gasteiger partial charge in [-0.25, -0.2) is 33.3 Å². The monoisotopic (exact) mass is 502 g/mol. The molecular formula is C24H28F2N6O4. The number of anilines is 1. The maximum Gasteiger partial charge on any atom is 0.416 e. The van der Waals surface area contributed by atoms with Gasteiger partial charge in [0.15, 0.2) is 0 Å². The average molecular weight is 503 g/mol. The van der Waals surface area contributed by atoms with Crippen LogP contribution in [0.2, 0.25) is 0 Å². The number of benzene rings is 1. The summed E-state index contributed by atoms with van der Waals surface area (Å²) in [5.41, 5.74) is -0.325. The molecule has 2 aliphatic rings. The number of amides is 3. The van der Waals surface area contributed by atoms with E-state index in [0.29, 0.717) is 24.9 Å². The molecule has 1 saturated heterocycles. The van der Waals surface area contributed by atoms with Gasteiger partial charge < -0.3 is 14.4 Å². The minimum absolute atomic E-state index is 0.115. The lowest BCUT2D eigenvalue weighted by Gasteiger charge is -2.27. The molecule has 0 bridgehead atoms. The molecule has 1 aromatic carbocycles. The summed E-state index contributed by atoms with van der Waals surface area (Å²) in [6, 6.07) is 3.81. The van der Waals surface area contributed by atoms with E-state index in [1.54, 1.807) is 38.0 Å². The summed E-state index contributed by atoms with van der Waals surface area (Å²) < 4.78 is 38.7. The predicted molar refractivity (Wildman–Crippen MR) is 127 cm³/mol. The van der Waals surface area contributed by atoms with E-state index in [9.17, 15) is 18.4 Å². The Kier molecular flexibility index (Phi) is 7.04. The van der Waals surface area contributed by atoms with Crippen LogP contribution in [0, 0.1) is 11.6 Å². The number of halogens is 2. The fourth-order valence-electron chi connectivity index (χ4n) is 3.93. The average Bonchev–Trinajstić information content (AvgIpc) is 3.46. The molecule has 36 heavy (non-hydrogen) atoms. The van der Waals surface area contributed by atoms with Crippen molar-refractivity contribution >= 4 is 24.3 Å². The van der Waals surface area contributed by atoms with Gasteiger partial charge in [0, 0.05) is 51.0 Å². The normalized spacial score (nSPS) is 19.5. The van der Waals surface area contributed by atoms with Gasteiger partial charge in [0.2, 0.25) is 11.8 Å². The van der Waals surface area contributed by atoms with Gasteiger partial charge in [-0.2, -0.15) is 10.1 Å². The first-order valence-corrected chi connectivity index (χ1v) is 11.5. The van der Waals surface area contributed by atoms with Crippen molar-refractivity contribution in [3.63, 3.8) is 0 Å². The SMILES string of the molecule is CN(C(=O)OC(C)(C)C)c1nccc(O[C@@H]2CCN(C(=O)N3N=CC[C@H]3c3cc(F)cc(F)c3)C2)n1. The van der Waals surface area contributed by atoms with Crippen LogP contribution >= 0.6 is 0 Å². The molecule has 10 nitrogen and oxygen atoms in total. The second kappa shape index (κ2) is 10.0. The standard InChI is InChI=1S/C24H28F2N6O4/c1-24(2,3)36-23(34)30(4)21-27-8-6-20(29-21)35-18-7-10-31(14-18)22(33)32-19(5-9-28-32)15-11-16(25)13-17(26)12-15/h6,8-9,11-13,18-19H,5,7,10,14H2,1-4H3/t18-,19+/m1/s1. The van der Waals surface area contributed by atoms with Crippen LogP contribution in [0.25, 0.3) is 0 Å². The fraction of sp³-hybridized carbons (Fsp3) is 0.458. The molecule has 2 atom stereocenters. The van der Waals surface area contributed by atoms with E-state index in [2.05, 4.69) is 15.1 Å². The van der Waals surface area contributed by atoms with Crippen molar-refractivity contribution in [2.45, 2.75) is 51.4 Å². The smallest absolute Gasteiger partial charge is 0.416 e. The van der Waals surface area contributed by atoms with Crippen molar-refractivity contribution in [2.75, 3.05) is 25.0 Å². The van der Waals surface area contributed by atoms with Crippen LogP contribution in [-0.4, -0.2) is 70.1 Å². The Morgan fingerprint density at radius 3 is 2.58 bits per heavy atom. The third-order valence-electron chi connectivity index (χ3n) is 5.58. The molecule has 0 saturated carbocycles. The van der Waals surface area contributed by atoms with E-state index in [1.807, 2.05) is 0 Å². The Morgan fingerprint density at radius 1 is 1.17 bits per heavy atom. The van der Waals surface area contributed by atoms with Crippen LogP contribution < -0.4 is 9.64 Å². The molecule has 0 aliphatic carbocycles. The minimum Gasteiger partial charge on any atom is -0.472 e. The van der Waals surface area contributed by atoms with E-state index in [-0.39, 0.29) is 30.5 Å². The third kappa shape index (κ3) is 5.86. The van der Waals surface area contributed by atoms with Crippen LogP contribution in [0.4, 0.5) is 24.3 Å². The number of carbonyl (C=O) groups excluding carboxylic acids is 2. The van der Waals surface area contributed by atoms with Crippen LogP contribution in [0.5, 0.6) is 5.88 Å². The van der Waals surface area contributed by atoms with Crippen molar-refractivity contribution in [1.29, 1.82) is 0 Å². The highest BCUT2D eigenvalue weighted by molar-refractivity contribution is 5.85. The topological polar surface area (TPSA) is 100 Å². The Balaban J connectivity index is 1.38. The van der Waals surface area contributed by atoms with Gasteiger partial charge in [-0.15, -0.1) is 0 Å². The Hall–Kier alpha value is -3.83. The second-order valence-corrected chi connectivity index (χ2v) is 9.59. The lowest BCUT2D eigenvalue weighted by molar-refractivity contribution is 0.0587. The highest BCUT2D eigenvalue weighted by Gasteiger charge is 2.36. The lowest BCUT2D eigenvalue weighted by Crippen LogP contribution is -2.40. The summed E-state index contributed by atoms with van der Waals surface area (Å²) in [6.07, 6.45) is 2.98. The number of urea groups is 1. The summed E-state index contributed by atoms with van der Waals surface area (Å²) in [6.45, 7) is 5.97. The number of rotatable bonds is 4. The maximum absolute atomic E-state index is 13.7. The van der Waals surface area contributed by atoms with Gasteiger partial charge in [-0.05, 0) is 38.5 Å². The molecule has 0 spiro atoms. The largest absolute Gasteiger partial charge is 0.472 e. The summed E-state index contributed by atoms with van der Waals surface area (Å²) in [7, 11) is 1.50. The first-order valence-electron chi connectivity index (χ1n) is 11.5. The van der Waals surface area contributed by atoms with Gasteiger partial charge in [0.05, 0.1) is 12.6 Å². The highest BCUT2D eigenvalue weighted by Crippen LogP contribution is 2.31. The number of hydrazone groups is 1. The first kappa shape index (κ1) is 25.3. The lowest BCUT2D eigenvalue weighted by atomic mass is 10.0. The van der Waals surface area contributed by atoms with E-state index >= 15 is 0 Å². The number of carbonyl (C=O) groups is 2. The van der Waals surface area contributed by atoms with Crippen molar-refractivity contribution < 1.29 is 27.8 Å². The van der Waals surface area contributed by atoms with Crippen molar-refractivity contribution in [2.24, 2.45) is 5.10 Å². The Labute approximate surface area is 207 Å². The Morgan fingerprint density at radius 2 is 1.89 bits per heavy atom.